The maximum atomic E-state index is 12.8. The summed E-state index contributed by atoms with van der Waals surface area (Å²) in [6.07, 6.45) is 54.8. The average molecular weight is 889 g/mol. The SMILES string of the molecule is CC/C=C\C/C=C\C/C=C\CCCCCCCCCC(=O)OC(COCCC(C(=O)O)[N+](C)(C)C)COC(=O)CCCCCCCCCCCCCCCCCCCCCCCC. The second-order valence-corrected chi connectivity index (χ2v) is 19.1. The van der Waals surface area contributed by atoms with Crippen LogP contribution in [0.5, 0.6) is 0 Å². The summed E-state index contributed by atoms with van der Waals surface area (Å²) in [5.74, 6) is -1.46. The Morgan fingerprint density at radius 1 is 0.492 bits per heavy atom. The number of carbonyl (C=O) groups is 3. The fraction of sp³-hybridized carbons (Fsp3) is 0.836. The van der Waals surface area contributed by atoms with Gasteiger partial charge in [0.15, 0.2) is 12.1 Å². The second kappa shape index (κ2) is 46.1. The Balaban J connectivity index is 4.18. The zero-order valence-corrected chi connectivity index (χ0v) is 42.0. The van der Waals surface area contributed by atoms with Gasteiger partial charge in [-0.1, -0.05) is 217 Å². The normalized spacial score (nSPS) is 13.1. The molecule has 0 spiro atoms. The monoisotopic (exact) mass is 889 g/mol. The number of quaternary nitrogens is 1. The summed E-state index contributed by atoms with van der Waals surface area (Å²) < 4.78 is 17.4. The van der Waals surface area contributed by atoms with Crippen LogP contribution in [-0.2, 0) is 28.6 Å². The van der Waals surface area contributed by atoms with Crippen molar-refractivity contribution in [2.45, 2.75) is 257 Å². The smallest absolute Gasteiger partial charge is 0.362 e. The van der Waals surface area contributed by atoms with Crippen LogP contribution in [0.2, 0.25) is 0 Å². The largest absolute Gasteiger partial charge is 0.477 e. The van der Waals surface area contributed by atoms with Gasteiger partial charge in [0.1, 0.15) is 6.61 Å². The van der Waals surface area contributed by atoms with Gasteiger partial charge < -0.3 is 23.8 Å². The molecule has 368 valence electrons. The van der Waals surface area contributed by atoms with Gasteiger partial charge >= 0.3 is 17.9 Å². The molecule has 0 aromatic rings. The van der Waals surface area contributed by atoms with Crippen molar-refractivity contribution in [3.63, 3.8) is 0 Å². The van der Waals surface area contributed by atoms with Crippen LogP contribution in [-0.4, -0.2) is 80.6 Å². The van der Waals surface area contributed by atoms with Crippen molar-refractivity contribution in [2.24, 2.45) is 0 Å². The number of allylic oxidation sites excluding steroid dienone is 6. The Morgan fingerprint density at radius 3 is 1.32 bits per heavy atom. The summed E-state index contributed by atoms with van der Waals surface area (Å²) >= 11 is 0. The van der Waals surface area contributed by atoms with Crippen molar-refractivity contribution in [1.29, 1.82) is 0 Å². The summed E-state index contributed by atoms with van der Waals surface area (Å²) in [4.78, 5) is 37.2. The predicted molar refractivity (Wildman–Crippen MR) is 266 cm³/mol. The van der Waals surface area contributed by atoms with Gasteiger partial charge in [0.2, 0.25) is 0 Å². The highest BCUT2D eigenvalue weighted by Crippen LogP contribution is 2.17. The maximum Gasteiger partial charge on any atom is 0.362 e. The van der Waals surface area contributed by atoms with Gasteiger partial charge in [0, 0.05) is 19.3 Å². The maximum absolute atomic E-state index is 12.8. The molecule has 0 bridgehead atoms. The second-order valence-electron chi connectivity index (χ2n) is 19.1. The van der Waals surface area contributed by atoms with Crippen LogP contribution in [0.25, 0.3) is 0 Å². The fourth-order valence-corrected chi connectivity index (χ4v) is 7.99. The van der Waals surface area contributed by atoms with Crippen molar-refractivity contribution >= 4 is 17.9 Å². The molecule has 0 saturated heterocycles. The molecule has 0 radical (unpaired) electrons. The number of unbranched alkanes of at least 4 members (excludes halogenated alkanes) is 28. The van der Waals surface area contributed by atoms with Crippen molar-refractivity contribution in [1.82, 2.24) is 0 Å². The first-order chi connectivity index (χ1) is 30.6. The molecular formula is C55H102NO7+. The van der Waals surface area contributed by atoms with Gasteiger partial charge in [-0.3, -0.25) is 9.59 Å². The number of hydrogen-bond acceptors (Lipinski definition) is 6. The molecule has 8 nitrogen and oxygen atoms in total. The van der Waals surface area contributed by atoms with E-state index in [1.807, 2.05) is 21.1 Å². The van der Waals surface area contributed by atoms with Gasteiger partial charge in [0.05, 0.1) is 34.4 Å². The van der Waals surface area contributed by atoms with E-state index in [-0.39, 0.29) is 36.2 Å². The highest BCUT2D eigenvalue weighted by atomic mass is 16.6. The molecule has 0 amide bonds. The first-order valence-corrected chi connectivity index (χ1v) is 26.5. The lowest BCUT2D eigenvalue weighted by atomic mass is 10.0. The molecule has 0 saturated carbocycles. The van der Waals surface area contributed by atoms with E-state index >= 15 is 0 Å². The van der Waals surface area contributed by atoms with E-state index in [9.17, 15) is 19.5 Å². The van der Waals surface area contributed by atoms with E-state index < -0.39 is 18.1 Å². The summed E-state index contributed by atoms with van der Waals surface area (Å²) in [6.45, 7) is 4.66. The van der Waals surface area contributed by atoms with Crippen LogP contribution in [0.4, 0.5) is 0 Å². The Labute approximate surface area is 389 Å². The van der Waals surface area contributed by atoms with E-state index in [4.69, 9.17) is 14.2 Å². The van der Waals surface area contributed by atoms with E-state index in [1.54, 1.807) is 0 Å². The zero-order chi connectivity index (χ0) is 46.3. The number of aliphatic carboxylic acids is 1. The Hall–Kier alpha value is -2.45. The molecule has 0 aromatic carbocycles. The molecule has 0 aliphatic heterocycles. The molecule has 0 heterocycles. The number of nitrogens with zero attached hydrogens (tertiary/aromatic N) is 1. The molecule has 1 N–H and O–H groups in total. The molecule has 0 fully saturated rings. The standard InChI is InChI=1S/C55H101NO7/c1-6-8-10-12-14-16-18-20-22-24-25-26-27-28-30-31-33-35-37-39-41-43-45-53(57)62-50-51(49-61-48-47-52(55(59)60)56(3,4)5)63-54(58)46-44-42-40-38-36-34-32-29-23-21-19-17-15-13-11-9-7-2/h9,11,15,17,21,23,51-52H,6-8,10,12-14,16,18-20,22,24-50H2,1-5H3/p+1/b11-9-,17-15-,23-21-. The topological polar surface area (TPSA) is 99.1 Å². The number of likely N-dealkylation sites (N-methyl/N-ethyl adjacent to an activating group) is 1. The Kier molecular flexibility index (Phi) is 44.3. The first-order valence-electron chi connectivity index (χ1n) is 26.5. The lowest BCUT2D eigenvalue weighted by Crippen LogP contribution is -2.50. The third kappa shape index (κ3) is 44.5. The number of ether oxygens (including phenoxy) is 3. The number of hydrogen-bond donors (Lipinski definition) is 1. The molecular weight excluding hydrogens is 787 g/mol. The van der Waals surface area contributed by atoms with Crippen molar-refractivity contribution in [2.75, 3.05) is 41.0 Å². The average Bonchev–Trinajstić information content (AvgIpc) is 3.24. The number of esters is 2. The van der Waals surface area contributed by atoms with Crippen molar-refractivity contribution in [3.05, 3.63) is 36.5 Å². The highest BCUT2D eigenvalue weighted by Gasteiger charge is 2.31. The minimum absolute atomic E-state index is 0.0515. The van der Waals surface area contributed by atoms with Gasteiger partial charge in [-0.15, -0.1) is 0 Å². The minimum atomic E-state index is -0.874. The Morgan fingerprint density at radius 2 is 0.889 bits per heavy atom. The van der Waals surface area contributed by atoms with Crippen LogP contribution in [0.3, 0.4) is 0 Å². The third-order valence-corrected chi connectivity index (χ3v) is 12.1. The van der Waals surface area contributed by atoms with Gasteiger partial charge in [0.25, 0.3) is 0 Å². The van der Waals surface area contributed by atoms with Crippen molar-refractivity contribution in [3.8, 4) is 0 Å². The summed E-state index contributed by atoms with van der Waals surface area (Å²) in [5.41, 5.74) is 0. The molecule has 63 heavy (non-hydrogen) atoms. The van der Waals surface area contributed by atoms with E-state index in [0.717, 1.165) is 64.2 Å². The van der Waals surface area contributed by atoms with E-state index in [0.29, 0.717) is 19.3 Å². The lowest BCUT2D eigenvalue weighted by molar-refractivity contribution is -0.887. The lowest BCUT2D eigenvalue weighted by Gasteiger charge is -2.31. The van der Waals surface area contributed by atoms with Gasteiger partial charge in [-0.2, -0.15) is 0 Å². The van der Waals surface area contributed by atoms with Crippen LogP contribution in [0, 0.1) is 0 Å². The Bertz CT molecular complexity index is 1130. The van der Waals surface area contributed by atoms with Crippen LogP contribution < -0.4 is 0 Å². The summed E-state index contributed by atoms with van der Waals surface area (Å²) in [5, 5.41) is 9.66. The quantitative estimate of drug-likeness (QED) is 0.0281. The molecule has 2 unspecified atom stereocenters. The minimum Gasteiger partial charge on any atom is -0.477 e. The number of carboxylic acid groups (broad SMARTS) is 1. The number of carbonyl (C=O) groups excluding carboxylic acids is 2. The predicted octanol–water partition coefficient (Wildman–Crippen LogP) is 15.4. The molecule has 8 heteroatoms. The van der Waals surface area contributed by atoms with E-state index in [1.165, 1.54) is 148 Å². The van der Waals surface area contributed by atoms with Crippen LogP contribution >= 0.6 is 0 Å². The molecule has 0 aliphatic rings. The number of rotatable bonds is 48. The van der Waals surface area contributed by atoms with Crippen LogP contribution in [0.1, 0.15) is 245 Å². The zero-order valence-electron chi connectivity index (χ0n) is 42.0. The van der Waals surface area contributed by atoms with Gasteiger partial charge in [-0.25, -0.2) is 4.79 Å². The van der Waals surface area contributed by atoms with E-state index in [2.05, 4.69) is 50.3 Å². The third-order valence-electron chi connectivity index (χ3n) is 12.1. The van der Waals surface area contributed by atoms with Gasteiger partial charge in [-0.05, 0) is 44.9 Å². The summed E-state index contributed by atoms with van der Waals surface area (Å²) in [7, 11) is 5.54. The fourth-order valence-electron chi connectivity index (χ4n) is 7.99. The highest BCUT2D eigenvalue weighted by molar-refractivity contribution is 5.72. The molecule has 0 rings (SSSR count). The van der Waals surface area contributed by atoms with Crippen LogP contribution in [0.15, 0.2) is 36.5 Å². The molecule has 0 aliphatic carbocycles. The number of carboxylic acids is 1. The first kappa shape index (κ1) is 60.5. The summed E-state index contributed by atoms with van der Waals surface area (Å²) in [6, 6.07) is -0.616. The van der Waals surface area contributed by atoms with Crippen molar-refractivity contribution < 1.29 is 38.2 Å². The molecule has 0 aromatic heterocycles. The molecule has 2 atom stereocenters.